The Morgan fingerprint density at radius 1 is 1.05 bits per heavy atom. The largest absolute Gasteiger partial charge is 0.497 e. The predicted octanol–water partition coefficient (Wildman–Crippen LogP) is 7.74. The molecule has 5 rings (SSSR count). The minimum absolute atomic E-state index is 0.250. The fourth-order valence-electron chi connectivity index (χ4n) is 5.17. The summed E-state index contributed by atoms with van der Waals surface area (Å²) in [4.78, 5) is 22.4. The predicted molar refractivity (Wildman–Crippen MR) is 153 cm³/mol. The van der Waals surface area contributed by atoms with Crippen molar-refractivity contribution >= 4 is 44.9 Å². The number of hydrogen-bond acceptors (Lipinski definition) is 6. The van der Waals surface area contributed by atoms with Gasteiger partial charge in [0.15, 0.2) is 5.13 Å². The van der Waals surface area contributed by atoms with E-state index < -0.39 is 0 Å². The third-order valence-electron chi connectivity index (χ3n) is 7.22. The first-order chi connectivity index (χ1) is 18.5. The molecule has 1 aliphatic carbocycles. The molecule has 4 aromatic rings. The number of rotatable bonds is 9. The van der Waals surface area contributed by atoms with Gasteiger partial charge in [0.1, 0.15) is 22.9 Å². The third kappa shape index (κ3) is 5.61. The summed E-state index contributed by atoms with van der Waals surface area (Å²) < 4.78 is 16.5. The van der Waals surface area contributed by atoms with E-state index in [-0.39, 0.29) is 5.91 Å². The minimum atomic E-state index is -0.250. The lowest BCUT2D eigenvalue weighted by Gasteiger charge is -2.21. The number of nitrogens with one attached hydrogen (secondary N) is 2. The van der Waals surface area contributed by atoms with E-state index in [9.17, 15) is 4.79 Å². The molecular formula is C29H32ClN3O4S. The van der Waals surface area contributed by atoms with Crippen LogP contribution in [0, 0.1) is 5.92 Å². The van der Waals surface area contributed by atoms with E-state index in [1.54, 1.807) is 27.4 Å². The third-order valence-corrected chi connectivity index (χ3v) is 8.55. The number of aromatic amines is 1. The van der Waals surface area contributed by atoms with Crippen molar-refractivity contribution in [2.75, 3.05) is 26.6 Å². The van der Waals surface area contributed by atoms with Gasteiger partial charge in [-0.1, -0.05) is 43.7 Å². The van der Waals surface area contributed by atoms with Gasteiger partial charge in [0.2, 0.25) is 0 Å². The van der Waals surface area contributed by atoms with E-state index in [1.165, 1.54) is 43.4 Å². The first-order valence-corrected chi connectivity index (χ1v) is 14.1. The number of nitrogens with zero attached hydrogens (tertiary/aromatic N) is 1. The van der Waals surface area contributed by atoms with Crippen LogP contribution in [0.2, 0.25) is 5.02 Å². The topological polar surface area (TPSA) is 85.5 Å². The van der Waals surface area contributed by atoms with Crippen LogP contribution in [0.5, 0.6) is 17.2 Å². The van der Waals surface area contributed by atoms with Crippen molar-refractivity contribution in [2.45, 2.75) is 44.9 Å². The van der Waals surface area contributed by atoms with Crippen LogP contribution in [0.25, 0.3) is 22.2 Å². The van der Waals surface area contributed by atoms with Crippen LogP contribution in [0.4, 0.5) is 5.13 Å². The number of fused-ring (bicyclic) bond motifs is 1. The Balaban J connectivity index is 1.46. The SMILES string of the molecule is COc1ccc2[nH]c(C(=O)Nc3nc(-c4cc(OC)c(Cl)cc4OC)c(CCC4CCCCC4)s3)cc2c1. The molecule has 0 saturated heterocycles. The first-order valence-electron chi connectivity index (χ1n) is 12.9. The lowest BCUT2D eigenvalue weighted by molar-refractivity contribution is 0.102. The number of anilines is 1. The molecule has 9 heteroatoms. The highest BCUT2D eigenvalue weighted by atomic mass is 35.5. The van der Waals surface area contributed by atoms with Crippen molar-refractivity contribution < 1.29 is 19.0 Å². The van der Waals surface area contributed by atoms with Crippen LogP contribution in [0.15, 0.2) is 36.4 Å². The standard InChI is InChI=1S/C29H32ClN3O4S/c1-35-19-10-11-22-18(13-19)14-23(31-22)28(34)33-29-32-27(20-15-25(37-3)21(30)16-24(20)36-2)26(38-29)12-9-17-7-5-4-6-8-17/h10-11,13-17,31H,4-9,12H2,1-3H3,(H,32,33,34). The van der Waals surface area contributed by atoms with Crippen molar-refractivity contribution in [3.63, 3.8) is 0 Å². The summed E-state index contributed by atoms with van der Waals surface area (Å²) in [5, 5.41) is 4.91. The number of H-pyrrole nitrogens is 1. The summed E-state index contributed by atoms with van der Waals surface area (Å²) in [7, 11) is 4.83. The zero-order valence-corrected chi connectivity index (χ0v) is 23.4. The normalized spacial score (nSPS) is 14.0. The van der Waals surface area contributed by atoms with Gasteiger partial charge in [0, 0.05) is 27.4 Å². The number of halogens is 1. The molecule has 0 radical (unpaired) electrons. The summed E-state index contributed by atoms with van der Waals surface area (Å²) >= 11 is 7.88. The second-order valence-electron chi connectivity index (χ2n) is 9.61. The van der Waals surface area contributed by atoms with Crippen molar-refractivity contribution in [1.29, 1.82) is 0 Å². The van der Waals surface area contributed by atoms with Crippen LogP contribution in [0.3, 0.4) is 0 Å². The molecule has 0 unspecified atom stereocenters. The van der Waals surface area contributed by atoms with Crippen molar-refractivity contribution in [1.82, 2.24) is 9.97 Å². The highest BCUT2D eigenvalue weighted by Crippen LogP contribution is 2.42. The average Bonchev–Trinajstić information content (AvgIpc) is 3.55. The molecule has 0 bridgehead atoms. The molecule has 200 valence electrons. The lowest BCUT2D eigenvalue weighted by Crippen LogP contribution is -2.11. The Kier molecular flexibility index (Phi) is 8.09. The van der Waals surface area contributed by atoms with Crippen LogP contribution in [0.1, 0.15) is 53.9 Å². The molecule has 1 fully saturated rings. The molecular weight excluding hydrogens is 522 g/mol. The fourth-order valence-corrected chi connectivity index (χ4v) is 6.38. The lowest BCUT2D eigenvalue weighted by atomic mass is 9.86. The molecule has 0 spiro atoms. The maximum absolute atomic E-state index is 13.2. The van der Waals surface area contributed by atoms with Crippen LogP contribution < -0.4 is 19.5 Å². The van der Waals surface area contributed by atoms with E-state index in [0.29, 0.717) is 27.3 Å². The molecule has 0 atom stereocenters. The molecule has 1 saturated carbocycles. The number of thiazole rings is 1. The smallest absolute Gasteiger partial charge is 0.273 e. The number of methoxy groups -OCH3 is 3. The van der Waals surface area contributed by atoms with Crippen LogP contribution >= 0.6 is 22.9 Å². The van der Waals surface area contributed by atoms with E-state index in [0.717, 1.165) is 51.5 Å². The van der Waals surface area contributed by atoms with E-state index >= 15 is 0 Å². The zero-order chi connectivity index (χ0) is 26.6. The number of benzene rings is 2. The summed E-state index contributed by atoms with van der Waals surface area (Å²) in [6, 6.07) is 11.1. The van der Waals surface area contributed by atoms with Gasteiger partial charge in [-0.2, -0.15) is 0 Å². The van der Waals surface area contributed by atoms with Gasteiger partial charge in [0.05, 0.1) is 32.0 Å². The summed E-state index contributed by atoms with van der Waals surface area (Å²) in [6.07, 6.45) is 8.48. The molecule has 0 aliphatic heterocycles. The first kappa shape index (κ1) is 26.4. The number of carbonyl (C=O) groups excluding carboxylic acids is 1. The van der Waals surface area contributed by atoms with Gasteiger partial charge in [-0.05, 0) is 49.1 Å². The molecule has 1 aliphatic rings. The molecule has 2 aromatic heterocycles. The number of aromatic nitrogens is 2. The number of ether oxygens (including phenoxy) is 3. The van der Waals surface area contributed by atoms with E-state index in [1.807, 2.05) is 30.3 Å². The molecule has 2 N–H and O–H groups in total. The zero-order valence-electron chi connectivity index (χ0n) is 21.9. The highest BCUT2D eigenvalue weighted by Gasteiger charge is 2.22. The van der Waals surface area contributed by atoms with Gasteiger partial charge in [-0.3, -0.25) is 10.1 Å². The van der Waals surface area contributed by atoms with Gasteiger partial charge in [-0.25, -0.2) is 4.98 Å². The van der Waals surface area contributed by atoms with Gasteiger partial charge < -0.3 is 19.2 Å². The maximum atomic E-state index is 13.2. The maximum Gasteiger partial charge on any atom is 0.273 e. The Hall–Kier alpha value is -3.23. The number of amides is 1. The Labute approximate surface area is 231 Å². The average molecular weight is 554 g/mol. The summed E-state index contributed by atoms with van der Waals surface area (Å²) in [5.74, 6) is 2.37. The van der Waals surface area contributed by atoms with E-state index in [4.69, 9.17) is 30.8 Å². The molecule has 38 heavy (non-hydrogen) atoms. The van der Waals surface area contributed by atoms with Gasteiger partial charge in [-0.15, -0.1) is 11.3 Å². The van der Waals surface area contributed by atoms with E-state index in [2.05, 4.69) is 10.3 Å². The second-order valence-corrected chi connectivity index (χ2v) is 11.1. The van der Waals surface area contributed by atoms with Crippen LogP contribution in [-0.4, -0.2) is 37.2 Å². The van der Waals surface area contributed by atoms with Crippen molar-refractivity contribution in [3.05, 3.63) is 52.0 Å². The highest BCUT2D eigenvalue weighted by molar-refractivity contribution is 7.16. The number of carbonyl (C=O) groups is 1. The Morgan fingerprint density at radius 3 is 2.58 bits per heavy atom. The Morgan fingerprint density at radius 2 is 1.84 bits per heavy atom. The monoisotopic (exact) mass is 553 g/mol. The second kappa shape index (κ2) is 11.7. The van der Waals surface area contributed by atoms with Crippen LogP contribution in [-0.2, 0) is 6.42 Å². The molecule has 2 aromatic carbocycles. The quantitative estimate of drug-likeness (QED) is 0.221. The summed E-state index contributed by atoms with van der Waals surface area (Å²) in [5.41, 5.74) is 2.90. The van der Waals surface area contributed by atoms with Gasteiger partial charge >= 0.3 is 0 Å². The molecule has 2 heterocycles. The molecule has 1 amide bonds. The minimum Gasteiger partial charge on any atom is -0.497 e. The van der Waals surface area contributed by atoms with Crippen molar-refractivity contribution in [3.8, 4) is 28.5 Å². The number of aryl methyl sites for hydroxylation is 1. The fraction of sp³-hybridized carbons (Fsp3) is 0.379. The van der Waals surface area contributed by atoms with Crippen molar-refractivity contribution in [2.24, 2.45) is 5.92 Å². The number of hydrogen-bond donors (Lipinski definition) is 2. The molecule has 7 nitrogen and oxygen atoms in total. The van der Waals surface area contributed by atoms with Gasteiger partial charge in [0.25, 0.3) is 5.91 Å². The Bertz CT molecular complexity index is 1440. The summed E-state index contributed by atoms with van der Waals surface area (Å²) in [6.45, 7) is 0.